The first kappa shape index (κ1) is 16.7. The van der Waals surface area contributed by atoms with Crippen molar-refractivity contribution in [2.45, 2.75) is 65.7 Å². The van der Waals surface area contributed by atoms with Crippen LogP contribution < -0.4 is 10.1 Å². The molecule has 0 radical (unpaired) electrons. The molecule has 1 N–H and O–H groups in total. The van der Waals surface area contributed by atoms with Gasteiger partial charge in [0.2, 0.25) is 5.88 Å². The largest absolute Gasteiger partial charge is 0.477 e. The maximum atomic E-state index is 5.84. The van der Waals surface area contributed by atoms with Crippen molar-refractivity contribution in [3.05, 3.63) is 11.9 Å². The van der Waals surface area contributed by atoms with Crippen LogP contribution in [-0.2, 0) is 6.42 Å². The lowest BCUT2D eigenvalue weighted by molar-refractivity contribution is 0.290. The van der Waals surface area contributed by atoms with E-state index < -0.39 is 0 Å². The molecule has 0 fully saturated rings. The van der Waals surface area contributed by atoms with E-state index in [1.165, 1.54) is 25.7 Å². The van der Waals surface area contributed by atoms with E-state index in [4.69, 9.17) is 4.74 Å². The van der Waals surface area contributed by atoms with Gasteiger partial charge in [0.1, 0.15) is 12.1 Å². The highest BCUT2D eigenvalue weighted by atomic mass is 16.5. The lowest BCUT2D eigenvalue weighted by atomic mass is 10.2. The Kier molecular flexibility index (Phi) is 8.76. The minimum atomic E-state index is 0.747. The van der Waals surface area contributed by atoms with Crippen LogP contribution in [0.3, 0.4) is 0 Å². The van der Waals surface area contributed by atoms with Crippen LogP contribution in [0.1, 0.15) is 64.9 Å². The number of hydrogen-bond acceptors (Lipinski definition) is 4. The molecule has 1 heterocycles. The van der Waals surface area contributed by atoms with Gasteiger partial charge in [0.25, 0.3) is 0 Å². The monoisotopic (exact) mass is 279 g/mol. The van der Waals surface area contributed by atoms with Gasteiger partial charge in [-0.1, -0.05) is 46.5 Å². The van der Waals surface area contributed by atoms with Gasteiger partial charge in [-0.25, -0.2) is 9.97 Å². The molecule has 0 aromatic carbocycles. The molecule has 0 amide bonds. The Morgan fingerprint density at radius 3 is 2.50 bits per heavy atom. The van der Waals surface area contributed by atoms with E-state index in [2.05, 4.69) is 36.1 Å². The van der Waals surface area contributed by atoms with Crippen LogP contribution >= 0.6 is 0 Å². The quantitative estimate of drug-likeness (QED) is 0.616. The van der Waals surface area contributed by atoms with Gasteiger partial charge in [0.05, 0.1) is 12.2 Å². The molecule has 0 saturated carbocycles. The second-order valence-electron chi connectivity index (χ2n) is 5.05. The number of rotatable bonds is 11. The zero-order valence-electron chi connectivity index (χ0n) is 13.2. The Morgan fingerprint density at radius 1 is 1.00 bits per heavy atom. The molecule has 1 aromatic rings. The summed E-state index contributed by atoms with van der Waals surface area (Å²) in [5.74, 6) is 1.67. The average Bonchev–Trinajstić information content (AvgIpc) is 2.48. The van der Waals surface area contributed by atoms with E-state index in [1.54, 1.807) is 6.33 Å². The lowest BCUT2D eigenvalue weighted by Crippen LogP contribution is -2.09. The molecular formula is C16H29N3O. The van der Waals surface area contributed by atoms with Gasteiger partial charge in [-0.2, -0.15) is 0 Å². The Hall–Kier alpha value is -1.32. The normalized spacial score (nSPS) is 10.6. The van der Waals surface area contributed by atoms with Gasteiger partial charge in [-0.15, -0.1) is 0 Å². The van der Waals surface area contributed by atoms with Crippen molar-refractivity contribution in [1.82, 2.24) is 9.97 Å². The molecule has 4 nitrogen and oxygen atoms in total. The van der Waals surface area contributed by atoms with Crippen molar-refractivity contribution in [2.75, 3.05) is 18.5 Å². The topological polar surface area (TPSA) is 47.0 Å². The number of nitrogens with one attached hydrogen (secondary N) is 1. The minimum Gasteiger partial charge on any atom is -0.477 e. The molecule has 0 aliphatic heterocycles. The third-order valence-corrected chi connectivity index (χ3v) is 3.29. The highest BCUT2D eigenvalue weighted by molar-refractivity contribution is 5.48. The third-order valence-electron chi connectivity index (χ3n) is 3.29. The first-order valence-electron chi connectivity index (χ1n) is 8.03. The number of anilines is 1. The fourth-order valence-corrected chi connectivity index (χ4v) is 2.11. The molecule has 0 bridgehead atoms. The van der Waals surface area contributed by atoms with E-state index >= 15 is 0 Å². The molecule has 20 heavy (non-hydrogen) atoms. The summed E-state index contributed by atoms with van der Waals surface area (Å²) in [6.07, 6.45) is 9.79. The molecule has 1 aromatic heterocycles. The maximum absolute atomic E-state index is 5.84. The Morgan fingerprint density at radius 2 is 1.80 bits per heavy atom. The summed E-state index contributed by atoms with van der Waals surface area (Å²) in [7, 11) is 0. The molecule has 1 rings (SSSR count). The number of unbranched alkanes of at least 4 members (excludes halogenated alkanes) is 4. The molecule has 0 aliphatic rings. The van der Waals surface area contributed by atoms with E-state index in [1.807, 2.05) is 0 Å². The summed E-state index contributed by atoms with van der Waals surface area (Å²) in [5.41, 5.74) is 1.09. The fourth-order valence-electron chi connectivity index (χ4n) is 2.11. The molecular weight excluding hydrogens is 250 g/mol. The standard InChI is InChI=1S/C16H29N3O/c1-4-7-8-9-10-12-20-16-14(6-3)15(17-11-5-2)18-13-19-16/h13H,4-12H2,1-3H3,(H,17,18,19). The molecule has 114 valence electrons. The number of nitrogens with zero attached hydrogens (tertiary/aromatic N) is 2. The Balaban J connectivity index is 2.47. The second-order valence-corrected chi connectivity index (χ2v) is 5.05. The first-order chi connectivity index (χ1) is 9.83. The second kappa shape index (κ2) is 10.5. The zero-order chi connectivity index (χ0) is 14.6. The summed E-state index contributed by atoms with van der Waals surface area (Å²) in [6, 6.07) is 0. The van der Waals surface area contributed by atoms with Gasteiger partial charge < -0.3 is 10.1 Å². The lowest BCUT2D eigenvalue weighted by Gasteiger charge is -2.13. The number of aromatic nitrogens is 2. The summed E-state index contributed by atoms with van der Waals surface area (Å²) in [5, 5.41) is 3.34. The van der Waals surface area contributed by atoms with Crippen LogP contribution in [-0.4, -0.2) is 23.1 Å². The van der Waals surface area contributed by atoms with Crippen LogP contribution in [0.4, 0.5) is 5.82 Å². The van der Waals surface area contributed by atoms with Crippen molar-refractivity contribution in [3.8, 4) is 5.88 Å². The molecule has 4 heteroatoms. The molecule has 0 spiro atoms. The van der Waals surface area contributed by atoms with Gasteiger partial charge in [-0.05, 0) is 19.3 Å². The van der Waals surface area contributed by atoms with Gasteiger partial charge >= 0.3 is 0 Å². The summed E-state index contributed by atoms with van der Waals surface area (Å²) < 4.78 is 5.84. The number of hydrogen-bond donors (Lipinski definition) is 1. The zero-order valence-corrected chi connectivity index (χ0v) is 13.2. The molecule has 0 aliphatic carbocycles. The average molecular weight is 279 g/mol. The predicted octanol–water partition coefficient (Wildman–Crippen LogP) is 4.21. The summed E-state index contributed by atoms with van der Waals surface area (Å²) >= 11 is 0. The maximum Gasteiger partial charge on any atom is 0.221 e. The highest BCUT2D eigenvalue weighted by Crippen LogP contribution is 2.22. The van der Waals surface area contributed by atoms with Gasteiger partial charge in [0.15, 0.2) is 0 Å². The van der Waals surface area contributed by atoms with E-state index in [9.17, 15) is 0 Å². The van der Waals surface area contributed by atoms with Crippen molar-refractivity contribution >= 4 is 5.82 Å². The number of ether oxygens (including phenoxy) is 1. The first-order valence-corrected chi connectivity index (χ1v) is 8.03. The Bertz CT molecular complexity index is 369. The predicted molar refractivity (Wildman–Crippen MR) is 84.4 cm³/mol. The Labute approximate surface area is 123 Å². The molecule has 0 unspecified atom stereocenters. The van der Waals surface area contributed by atoms with Crippen molar-refractivity contribution in [3.63, 3.8) is 0 Å². The summed E-state index contributed by atoms with van der Waals surface area (Å²) in [4.78, 5) is 8.59. The summed E-state index contributed by atoms with van der Waals surface area (Å²) in [6.45, 7) is 8.18. The highest BCUT2D eigenvalue weighted by Gasteiger charge is 2.10. The van der Waals surface area contributed by atoms with E-state index in [0.29, 0.717) is 0 Å². The van der Waals surface area contributed by atoms with E-state index in [-0.39, 0.29) is 0 Å². The minimum absolute atomic E-state index is 0.747. The SMILES string of the molecule is CCCCCCCOc1ncnc(NCCC)c1CC. The van der Waals surface area contributed by atoms with Crippen LogP contribution in [0, 0.1) is 0 Å². The van der Waals surface area contributed by atoms with E-state index in [0.717, 1.165) is 49.7 Å². The van der Waals surface area contributed by atoms with Crippen molar-refractivity contribution < 1.29 is 4.74 Å². The van der Waals surface area contributed by atoms with Crippen LogP contribution in [0.2, 0.25) is 0 Å². The van der Waals surface area contributed by atoms with Crippen LogP contribution in [0.5, 0.6) is 5.88 Å². The molecule has 0 saturated heterocycles. The van der Waals surface area contributed by atoms with Crippen LogP contribution in [0.25, 0.3) is 0 Å². The molecule has 0 atom stereocenters. The smallest absolute Gasteiger partial charge is 0.221 e. The van der Waals surface area contributed by atoms with Crippen molar-refractivity contribution in [2.24, 2.45) is 0 Å². The van der Waals surface area contributed by atoms with Gasteiger partial charge in [0, 0.05) is 6.54 Å². The fraction of sp³-hybridized carbons (Fsp3) is 0.750. The van der Waals surface area contributed by atoms with Gasteiger partial charge in [-0.3, -0.25) is 0 Å². The van der Waals surface area contributed by atoms with Crippen molar-refractivity contribution in [1.29, 1.82) is 0 Å². The van der Waals surface area contributed by atoms with Crippen LogP contribution in [0.15, 0.2) is 6.33 Å². The third kappa shape index (κ3) is 5.76.